The third kappa shape index (κ3) is 4.69. The van der Waals surface area contributed by atoms with E-state index in [9.17, 15) is 4.79 Å². The number of nitrogens with two attached hydrogens (primary N) is 1. The predicted molar refractivity (Wildman–Crippen MR) is 93.6 cm³/mol. The molecule has 23 heavy (non-hydrogen) atoms. The number of hydrogen-bond donors (Lipinski definition) is 2. The van der Waals surface area contributed by atoms with Crippen molar-refractivity contribution in [3.8, 4) is 0 Å². The third-order valence-electron chi connectivity index (χ3n) is 4.97. The van der Waals surface area contributed by atoms with Gasteiger partial charge in [-0.3, -0.25) is 4.79 Å². The fourth-order valence-corrected chi connectivity index (χ4v) is 3.50. The van der Waals surface area contributed by atoms with Crippen LogP contribution in [0.1, 0.15) is 49.7 Å². The number of halogens is 1. The van der Waals surface area contributed by atoms with Gasteiger partial charge in [-0.05, 0) is 24.0 Å². The highest BCUT2D eigenvalue weighted by molar-refractivity contribution is 5.85. The second-order valence-corrected chi connectivity index (χ2v) is 6.77. The summed E-state index contributed by atoms with van der Waals surface area (Å²) in [6.45, 7) is 1.08. The van der Waals surface area contributed by atoms with Crippen LogP contribution in [0.15, 0.2) is 24.3 Å². The van der Waals surface area contributed by atoms with E-state index in [1.54, 1.807) is 0 Å². The molecule has 0 saturated heterocycles. The third-order valence-corrected chi connectivity index (χ3v) is 4.97. The van der Waals surface area contributed by atoms with Gasteiger partial charge in [0, 0.05) is 18.5 Å². The van der Waals surface area contributed by atoms with Crippen molar-refractivity contribution >= 4 is 18.3 Å². The van der Waals surface area contributed by atoms with Crippen LogP contribution in [0.25, 0.3) is 0 Å². The van der Waals surface area contributed by atoms with Crippen molar-refractivity contribution < 1.29 is 9.53 Å². The lowest BCUT2D eigenvalue weighted by atomic mass is 9.91. The van der Waals surface area contributed by atoms with Crippen LogP contribution in [0, 0.1) is 0 Å². The second-order valence-electron chi connectivity index (χ2n) is 6.77. The molecule has 0 radical (unpaired) electrons. The Balaban J connectivity index is 0.00000192. The smallest absolute Gasteiger partial charge is 0.249 e. The first-order valence-electron chi connectivity index (χ1n) is 8.41. The first-order valence-corrected chi connectivity index (χ1v) is 8.41. The Morgan fingerprint density at radius 3 is 2.52 bits per heavy atom. The van der Waals surface area contributed by atoms with Crippen molar-refractivity contribution in [1.29, 1.82) is 0 Å². The summed E-state index contributed by atoms with van der Waals surface area (Å²) in [5, 5.41) is 3.03. The van der Waals surface area contributed by atoms with Crippen molar-refractivity contribution in [3.05, 3.63) is 35.4 Å². The molecule has 1 aromatic carbocycles. The molecular formula is C18H27ClN2O2. The number of carbonyl (C=O) groups excluding carboxylic acids is 1. The van der Waals surface area contributed by atoms with Crippen LogP contribution < -0.4 is 11.1 Å². The summed E-state index contributed by atoms with van der Waals surface area (Å²) < 4.78 is 5.71. The molecule has 1 amide bonds. The summed E-state index contributed by atoms with van der Waals surface area (Å²) in [5.41, 5.74) is 8.62. The van der Waals surface area contributed by atoms with E-state index in [1.807, 2.05) is 12.1 Å². The zero-order chi connectivity index (χ0) is 15.4. The van der Waals surface area contributed by atoms with Crippen molar-refractivity contribution in [2.45, 2.75) is 63.2 Å². The van der Waals surface area contributed by atoms with Crippen LogP contribution in [0.3, 0.4) is 0 Å². The summed E-state index contributed by atoms with van der Waals surface area (Å²) in [6.07, 6.45) is 7.12. The van der Waals surface area contributed by atoms with E-state index < -0.39 is 0 Å². The van der Waals surface area contributed by atoms with Crippen LogP contribution >= 0.6 is 12.4 Å². The Morgan fingerprint density at radius 1 is 1.17 bits per heavy atom. The maximum Gasteiger partial charge on any atom is 0.249 e. The van der Waals surface area contributed by atoms with Crippen molar-refractivity contribution in [2.75, 3.05) is 6.54 Å². The van der Waals surface area contributed by atoms with Gasteiger partial charge in [0.05, 0.1) is 6.61 Å². The number of rotatable bonds is 3. The van der Waals surface area contributed by atoms with Crippen molar-refractivity contribution in [3.63, 3.8) is 0 Å². The highest BCUT2D eigenvalue weighted by atomic mass is 35.5. The summed E-state index contributed by atoms with van der Waals surface area (Å²) in [4.78, 5) is 12.4. The van der Waals surface area contributed by atoms with Gasteiger partial charge in [-0.15, -0.1) is 12.4 Å². The number of carbonyl (C=O) groups is 1. The molecule has 1 aliphatic carbocycles. The zero-order valence-electron chi connectivity index (χ0n) is 13.6. The first-order chi connectivity index (χ1) is 10.7. The average Bonchev–Trinajstić information content (AvgIpc) is 2.77. The van der Waals surface area contributed by atoms with E-state index in [0.29, 0.717) is 19.6 Å². The van der Waals surface area contributed by atoms with Gasteiger partial charge >= 0.3 is 0 Å². The van der Waals surface area contributed by atoms with Gasteiger partial charge < -0.3 is 15.8 Å². The van der Waals surface area contributed by atoms with Crippen molar-refractivity contribution in [1.82, 2.24) is 5.32 Å². The summed E-state index contributed by atoms with van der Waals surface area (Å²) in [7, 11) is 0. The fraction of sp³-hybridized carbons (Fsp3) is 0.611. The molecule has 5 heteroatoms. The van der Waals surface area contributed by atoms with Crippen LogP contribution in [-0.4, -0.2) is 24.1 Å². The maximum absolute atomic E-state index is 12.4. The topological polar surface area (TPSA) is 64.3 Å². The normalized spacial score (nSPS) is 23.1. The van der Waals surface area contributed by atoms with Crippen LogP contribution in [0.4, 0.5) is 0 Å². The lowest BCUT2D eigenvalue weighted by molar-refractivity contribution is -0.134. The molecular weight excluding hydrogens is 312 g/mol. The zero-order valence-corrected chi connectivity index (χ0v) is 14.4. The first kappa shape index (κ1) is 18.2. The molecule has 2 aliphatic rings. The minimum Gasteiger partial charge on any atom is -0.363 e. The fourth-order valence-electron chi connectivity index (χ4n) is 3.50. The van der Waals surface area contributed by atoms with Gasteiger partial charge in [0.15, 0.2) is 0 Å². The Bertz CT molecular complexity index is 528. The second kappa shape index (κ2) is 8.13. The van der Waals surface area contributed by atoms with E-state index in [2.05, 4.69) is 17.4 Å². The number of amides is 1. The van der Waals surface area contributed by atoms with Crippen LogP contribution in [0.5, 0.6) is 0 Å². The molecule has 0 bridgehead atoms. The van der Waals surface area contributed by atoms with Crippen molar-refractivity contribution in [2.24, 2.45) is 5.73 Å². The summed E-state index contributed by atoms with van der Waals surface area (Å²) in [5.74, 6) is -0.0245. The highest BCUT2D eigenvalue weighted by Crippen LogP contribution is 2.25. The molecule has 1 heterocycles. The molecule has 1 atom stereocenters. The lowest BCUT2D eigenvalue weighted by Gasteiger charge is -2.30. The molecule has 1 aromatic rings. The van der Waals surface area contributed by atoms with E-state index in [1.165, 1.54) is 36.8 Å². The molecule has 128 valence electrons. The standard InChI is InChI=1S/C18H26N2O2.ClH/c19-18(9-5-1-2-6-10-18)13-20-17(21)16-11-14-7-3-4-8-15(14)12-22-16;/h3-4,7-8,16H,1-2,5-6,9-13,19H2,(H,20,21);1H/t16-;/m0./s1. The molecule has 0 unspecified atom stereocenters. The summed E-state index contributed by atoms with van der Waals surface area (Å²) >= 11 is 0. The quantitative estimate of drug-likeness (QED) is 0.833. The molecule has 4 nitrogen and oxygen atoms in total. The van der Waals surface area contributed by atoms with E-state index in [0.717, 1.165) is 12.8 Å². The molecule has 3 N–H and O–H groups in total. The SMILES string of the molecule is Cl.NC1(CNC(=O)[C@@H]2Cc3ccccc3CO2)CCCCCC1. The number of benzene rings is 1. The Kier molecular flexibility index (Phi) is 6.45. The molecule has 0 aromatic heterocycles. The maximum atomic E-state index is 12.4. The van der Waals surface area contributed by atoms with Gasteiger partial charge in [0.1, 0.15) is 6.10 Å². The predicted octanol–water partition coefficient (Wildman–Crippen LogP) is 2.72. The van der Waals surface area contributed by atoms with Gasteiger partial charge in [0.25, 0.3) is 0 Å². The van der Waals surface area contributed by atoms with Crippen LogP contribution in [0.2, 0.25) is 0 Å². The molecule has 0 spiro atoms. The largest absolute Gasteiger partial charge is 0.363 e. The minimum absolute atomic E-state index is 0. The number of fused-ring (bicyclic) bond motifs is 1. The highest BCUT2D eigenvalue weighted by Gasteiger charge is 2.30. The van der Waals surface area contributed by atoms with Gasteiger partial charge in [-0.25, -0.2) is 0 Å². The lowest BCUT2D eigenvalue weighted by Crippen LogP contribution is -2.52. The van der Waals surface area contributed by atoms with Gasteiger partial charge in [0.2, 0.25) is 5.91 Å². The monoisotopic (exact) mass is 338 g/mol. The number of nitrogens with one attached hydrogen (secondary N) is 1. The molecule has 1 saturated carbocycles. The number of hydrogen-bond acceptors (Lipinski definition) is 3. The molecule has 3 rings (SSSR count). The van der Waals surface area contributed by atoms with E-state index >= 15 is 0 Å². The average molecular weight is 339 g/mol. The molecule has 1 fully saturated rings. The Labute approximate surface area is 144 Å². The van der Waals surface area contributed by atoms with Gasteiger partial charge in [-0.2, -0.15) is 0 Å². The summed E-state index contributed by atoms with van der Waals surface area (Å²) in [6, 6.07) is 8.16. The molecule has 1 aliphatic heterocycles. The Morgan fingerprint density at radius 2 is 1.83 bits per heavy atom. The van der Waals surface area contributed by atoms with Crippen LogP contribution in [-0.2, 0) is 22.6 Å². The van der Waals surface area contributed by atoms with E-state index in [-0.39, 0.29) is 30.0 Å². The minimum atomic E-state index is -0.385. The Hall–Kier alpha value is -1.10. The number of ether oxygens (including phenoxy) is 1. The van der Waals surface area contributed by atoms with E-state index in [4.69, 9.17) is 10.5 Å². The van der Waals surface area contributed by atoms with Gasteiger partial charge in [-0.1, -0.05) is 49.9 Å².